The van der Waals surface area contributed by atoms with Crippen molar-refractivity contribution in [3.8, 4) is 0 Å². The van der Waals surface area contributed by atoms with Gasteiger partial charge < -0.3 is 25.7 Å². The molecule has 0 heterocycles. The highest BCUT2D eigenvalue weighted by Gasteiger charge is 2.24. The summed E-state index contributed by atoms with van der Waals surface area (Å²) >= 11 is 0. The maximum absolute atomic E-state index is 11.8. The molecule has 0 fully saturated rings. The molecule has 0 spiro atoms. The van der Waals surface area contributed by atoms with Gasteiger partial charge in [-0.05, 0) is 31.5 Å². The first-order valence-electron chi connectivity index (χ1n) is 6.48. The summed E-state index contributed by atoms with van der Waals surface area (Å²) in [5, 5.41) is 23.0. The Bertz CT molecular complexity index is 529. The number of hydrogen-bond donors (Lipinski definition) is 4. The third-order valence-corrected chi connectivity index (χ3v) is 2.98. The number of anilines is 2. The number of aliphatic hydroxyl groups excluding tert-OH is 1. The van der Waals surface area contributed by atoms with Gasteiger partial charge in [0.1, 0.15) is 0 Å². The minimum Gasteiger partial charge on any atom is -0.480 e. The lowest BCUT2D eigenvalue weighted by Crippen LogP contribution is -2.49. The molecule has 0 saturated heterocycles. The number of rotatable bonds is 5. The number of aryl methyl sites for hydroxylation is 1. The van der Waals surface area contributed by atoms with E-state index in [-0.39, 0.29) is 0 Å². The van der Waals surface area contributed by atoms with Gasteiger partial charge in [-0.2, -0.15) is 0 Å². The fourth-order valence-electron chi connectivity index (χ4n) is 1.87. The van der Waals surface area contributed by atoms with Crippen molar-refractivity contribution in [3.05, 3.63) is 23.8 Å². The fourth-order valence-corrected chi connectivity index (χ4v) is 1.87. The first kappa shape index (κ1) is 16.8. The van der Waals surface area contributed by atoms with Gasteiger partial charge in [0.15, 0.2) is 6.04 Å². The Labute approximate surface area is 123 Å². The van der Waals surface area contributed by atoms with E-state index in [0.29, 0.717) is 5.69 Å². The second kappa shape index (κ2) is 6.94. The Morgan fingerprint density at radius 2 is 1.90 bits per heavy atom. The second-order valence-corrected chi connectivity index (χ2v) is 5.05. The van der Waals surface area contributed by atoms with Crippen LogP contribution in [0.4, 0.5) is 16.2 Å². The van der Waals surface area contributed by atoms with Crippen LogP contribution in [0.25, 0.3) is 0 Å². The average molecular weight is 295 g/mol. The lowest BCUT2D eigenvalue weighted by Gasteiger charge is -2.19. The van der Waals surface area contributed by atoms with Gasteiger partial charge >= 0.3 is 12.0 Å². The third kappa shape index (κ3) is 4.64. The van der Waals surface area contributed by atoms with Crippen molar-refractivity contribution in [1.82, 2.24) is 5.32 Å². The molecule has 0 aliphatic heterocycles. The minimum atomic E-state index is -1.36. The van der Waals surface area contributed by atoms with Gasteiger partial charge in [-0.1, -0.05) is 6.07 Å². The molecule has 1 aromatic rings. The highest BCUT2D eigenvalue weighted by Crippen LogP contribution is 2.22. The molecular formula is C14H21N3O4. The Kier molecular flexibility index (Phi) is 5.54. The number of urea groups is 1. The Morgan fingerprint density at radius 3 is 2.38 bits per heavy atom. The van der Waals surface area contributed by atoms with Crippen molar-refractivity contribution in [3.63, 3.8) is 0 Å². The van der Waals surface area contributed by atoms with Crippen molar-refractivity contribution in [2.24, 2.45) is 0 Å². The maximum Gasteiger partial charge on any atom is 0.328 e. The number of carboxylic acids is 1. The molecule has 21 heavy (non-hydrogen) atoms. The van der Waals surface area contributed by atoms with Gasteiger partial charge in [0, 0.05) is 25.5 Å². The highest BCUT2D eigenvalue weighted by molar-refractivity contribution is 5.93. The highest BCUT2D eigenvalue weighted by atomic mass is 16.4. The van der Waals surface area contributed by atoms with Crippen LogP contribution in [0.1, 0.15) is 12.5 Å². The number of aliphatic carboxylic acids is 1. The smallest absolute Gasteiger partial charge is 0.328 e. The molecule has 116 valence electrons. The van der Waals surface area contributed by atoms with Crippen molar-refractivity contribution in [2.45, 2.75) is 26.0 Å². The SMILES string of the molecule is Cc1ccc(NC(=O)N[C@H](C(=O)O)[C@@H](C)O)cc1N(C)C. The zero-order valence-corrected chi connectivity index (χ0v) is 12.5. The van der Waals surface area contributed by atoms with Gasteiger partial charge in [-0.15, -0.1) is 0 Å². The van der Waals surface area contributed by atoms with Crippen LogP contribution >= 0.6 is 0 Å². The summed E-state index contributed by atoms with van der Waals surface area (Å²) in [7, 11) is 3.78. The molecule has 0 aliphatic carbocycles. The first-order valence-corrected chi connectivity index (χ1v) is 6.48. The number of carbonyl (C=O) groups is 2. The van der Waals surface area contributed by atoms with Crippen LogP contribution in [-0.2, 0) is 4.79 Å². The van der Waals surface area contributed by atoms with Crippen LogP contribution < -0.4 is 15.5 Å². The normalized spacial score (nSPS) is 13.2. The summed E-state index contributed by atoms with van der Waals surface area (Å²) in [6, 6.07) is 3.32. The molecule has 7 heteroatoms. The van der Waals surface area contributed by atoms with E-state index in [1.165, 1.54) is 6.92 Å². The van der Waals surface area contributed by atoms with Gasteiger partial charge in [-0.3, -0.25) is 0 Å². The summed E-state index contributed by atoms with van der Waals surface area (Å²) in [4.78, 5) is 24.6. The van der Waals surface area contributed by atoms with Crippen LogP contribution in [0.2, 0.25) is 0 Å². The Balaban J connectivity index is 2.79. The standard InChI is InChI=1S/C14H21N3O4/c1-8-5-6-10(7-11(8)17(3)4)15-14(21)16-12(9(2)18)13(19)20/h5-7,9,12,18H,1-4H3,(H,19,20)(H2,15,16,21)/t9-,12+/m1/s1. The number of nitrogens with one attached hydrogen (secondary N) is 2. The second-order valence-electron chi connectivity index (χ2n) is 5.05. The molecule has 0 aliphatic rings. The van der Waals surface area contributed by atoms with Crippen LogP contribution in [-0.4, -0.2) is 48.5 Å². The molecule has 1 aromatic carbocycles. The number of aliphatic hydroxyl groups is 1. The predicted molar refractivity (Wildman–Crippen MR) is 80.8 cm³/mol. The zero-order chi connectivity index (χ0) is 16.2. The van der Waals surface area contributed by atoms with E-state index in [1.54, 1.807) is 12.1 Å². The van der Waals surface area contributed by atoms with E-state index in [4.69, 9.17) is 5.11 Å². The number of benzene rings is 1. The number of amides is 2. The third-order valence-electron chi connectivity index (χ3n) is 2.98. The number of carboxylic acid groups (broad SMARTS) is 1. The van der Waals surface area contributed by atoms with Crippen LogP contribution in [0.3, 0.4) is 0 Å². The van der Waals surface area contributed by atoms with Gasteiger partial charge in [-0.25, -0.2) is 9.59 Å². The van der Waals surface area contributed by atoms with E-state index in [0.717, 1.165) is 11.3 Å². The van der Waals surface area contributed by atoms with Crippen molar-refractivity contribution in [1.29, 1.82) is 0 Å². The van der Waals surface area contributed by atoms with Crippen molar-refractivity contribution in [2.75, 3.05) is 24.3 Å². The van der Waals surface area contributed by atoms with E-state index in [9.17, 15) is 14.7 Å². The average Bonchev–Trinajstić information content (AvgIpc) is 2.37. The maximum atomic E-state index is 11.8. The lowest BCUT2D eigenvalue weighted by molar-refractivity contribution is -0.141. The molecule has 1 rings (SSSR count). The molecule has 0 radical (unpaired) electrons. The summed E-state index contributed by atoms with van der Waals surface area (Å²) in [6.45, 7) is 3.25. The van der Waals surface area contributed by atoms with E-state index < -0.39 is 24.1 Å². The summed E-state index contributed by atoms with van der Waals surface area (Å²) in [5.74, 6) is -1.29. The van der Waals surface area contributed by atoms with Crippen LogP contribution in [0, 0.1) is 6.92 Å². The van der Waals surface area contributed by atoms with E-state index in [1.807, 2.05) is 32.0 Å². The van der Waals surface area contributed by atoms with Crippen LogP contribution in [0.15, 0.2) is 18.2 Å². The van der Waals surface area contributed by atoms with Gasteiger partial charge in [0.25, 0.3) is 0 Å². The molecule has 4 N–H and O–H groups in total. The molecule has 0 aromatic heterocycles. The Hall–Kier alpha value is -2.28. The summed E-state index contributed by atoms with van der Waals surface area (Å²) in [6.07, 6.45) is -1.19. The van der Waals surface area contributed by atoms with Crippen molar-refractivity contribution >= 4 is 23.4 Å². The largest absolute Gasteiger partial charge is 0.480 e. The summed E-state index contributed by atoms with van der Waals surface area (Å²) in [5.41, 5.74) is 2.54. The molecular weight excluding hydrogens is 274 g/mol. The topological polar surface area (TPSA) is 102 Å². The molecule has 2 atom stereocenters. The number of carbonyl (C=O) groups excluding carboxylic acids is 1. The molecule has 0 saturated carbocycles. The first-order chi connectivity index (χ1) is 9.72. The fraction of sp³-hybridized carbons (Fsp3) is 0.429. The molecule has 2 amide bonds. The van der Waals surface area contributed by atoms with E-state index in [2.05, 4.69) is 10.6 Å². The zero-order valence-electron chi connectivity index (χ0n) is 12.5. The molecule has 7 nitrogen and oxygen atoms in total. The van der Waals surface area contributed by atoms with Gasteiger partial charge in [0.2, 0.25) is 0 Å². The number of nitrogens with zero attached hydrogens (tertiary/aromatic N) is 1. The Morgan fingerprint density at radius 1 is 1.29 bits per heavy atom. The minimum absolute atomic E-state index is 0.538. The lowest BCUT2D eigenvalue weighted by atomic mass is 10.1. The monoisotopic (exact) mass is 295 g/mol. The quantitative estimate of drug-likeness (QED) is 0.649. The van der Waals surface area contributed by atoms with Crippen LogP contribution in [0.5, 0.6) is 0 Å². The molecule has 0 bridgehead atoms. The predicted octanol–water partition coefficient (Wildman–Crippen LogP) is 1.02. The molecule has 0 unspecified atom stereocenters. The van der Waals surface area contributed by atoms with Gasteiger partial charge in [0.05, 0.1) is 6.10 Å². The summed E-state index contributed by atoms with van der Waals surface area (Å²) < 4.78 is 0. The van der Waals surface area contributed by atoms with E-state index >= 15 is 0 Å². The number of hydrogen-bond acceptors (Lipinski definition) is 4. The van der Waals surface area contributed by atoms with Crippen molar-refractivity contribution < 1.29 is 19.8 Å².